The van der Waals surface area contributed by atoms with Crippen molar-refractivity contribution in [1.82, 2.24) is 0 Å². The van der Waals surface area contributed by atoms with Crippen LogP contribution >= 0.6 is 45.2 Å². The molecule has 76 valence electrons. The fourth-order valence-electron chi connectivity index (χ4n) is 1.58. The van der Waals surface area contributed by atoms with Crippen LogP contribution in [0.15, 0.2) is 42.5 Å². The zero-order chi connectivity index (χ0) is 10.8. The number of hydrogen-bond donors (Lipinski definition) is 0. The number of benzene rings is 2. The monoisotopic (exact) mass is 420 g/mol. The zero-order valence-corrected chi connectivity index (χ0v) is 12.6. The van der Waals surface area contributed by atoms with Gasteiger partial charge in [0.25, 0.3) is 0 Å². The van der Waals surface area contributed by atoms with E-state index in [0.717, 1.165) is 0 Å². The third-order valence-electron chi connectivity index (χ3n) is 2.34. The maximum absolute atomic E-state index is 2.35. The molecular formula is C13H10I2. The van der Waals surface area contributed by atoms with E-state index in [4.69, 9.17) is 0 Å². The Labute approximate surface area is 117 Å². The first-order valence-corrected chi connectivity index (χ1v) is 6.84. The van der Waals surface area contributed by atoms with E-state index in [-0.39, 0.29) is 0 Å². The Hall–Kier alpha value is -0.100. The minimum Gasteiger partial charge on any atom is -0.0533 e. The summed E-state index contributed by atoms with van der Waals surface area (Å²) in [6.45, 7) is 2.16. The predicted molar refractivity (Wildman–Crippen MR) is 82.0 cm³/mol. The summed E-state index contributed by atoms with van der Waals surface area (Å²) in [5.41, 5.74) is 3.96. The van der Waals surface area contributed by atoms with Crippen molar-refractivity contribution in [3.05, 3.63) is 55.2 Å². The first-order chi connectivity index (χ1) is 7.16. The highest BCUT2D eigenvalue weighted by molar-refractivity contribution is 14.1. The molecule has 0 spiro atoms. The molecule has 0 saturated carbocycles. The largest absolute Gasteiger partial charge is 0.0533 e. The van der Waals surface area contributed by atoms with Gasteiger partial charge in [0.2, 0.25) is 0 Å². The van der Waals surface area contributed by atoms with Crippen molar-refractivity contribution in [2.75, 3.05) is 0 Å². The van der Waals surface area contributed by atoms with E-state index >= 15 is 0 Å². The second-order valence-corrected chi connectivity index (χ2v) is 5.96. The fourth-order valence-corrected chi connectivity index (χ4v) is 2.59. The van der Waals surface area contributed by atoms with E-state index < -0.39 is 0 Å². The van der Waals surface area contributed by atoms with Crippen LogP contribution in [-0.2, 0) is 0 Å². The first-order valence-electron chi connectivity index (χ1n) is 4.69. The minimum absolute atomic E-state index is 1.28. The highest BCUT2D eigenvalue weighted by Gasteiger charge is 2.01. The summed E-state index contributed by atoms with van der Waals surface area (Å²) in [7, 11) is 0. The van der Waals surface area contributed by atoms with Crippen molar-refractivity contribution >= 4 is 45.2 Å². The van der Waals surface area contributed by atoms with Gasteiger partial charge in [-0.25, -0.2) is 0 Å². The van der Waals surface area contributed by atoms with Gasteiger partial charge in [-0.3, -0.25) is 0 Å². The molecule has 15 heavy (non-hydrogen) atoms. The Bertz CT molecular complexity index is 472. The number of hydrogen-bond acceptors (Lipinski definition) is 0. The Morgan fingerprint density at radius 2 is 1.40 bits per heavy atom. The van der Waals surface area contributed by atoms with Crippen LogP contribution in [0, 0.1) is 14.1 Å². The Morgan fingerprint density at radius 1 is 0.800 bits per heavy atom. The molecule has 0 nitrogen and oxygen atoms in total. The van der Waals surface area contributed by atoms with Gasteiger partial charge in [-0.05, 0) is 93.1 Å². The molecule has 0 aromatic heterocycles. The maximum atomic E-state index is 2.35. The van der Waals surface area contributed by atoms with Gasteiger partial charge in [-0.15, -0.1) is 0 Å². The molecule has 0 heterocycles. The maximum Gasteiger partial charge on any atom is 0.0133 e. The zero-order valence-electron chi connectivity index (χ0n) is 8.30. The smallest absolute Gasteiger partial charge is 0.0133 e. The van der Waals surface area contributed by atoms with Crippen LogP contribution in [0.2, 0.25) is 0 Å². The van der Waals surface area contributed by atoms with Gasteiger partial charge < -0.3 is 0 Å². The molecule has 0 unspecified atom stereocenters. The lowest BCUT2D eigenvalue weighted by Gasteiger charge is -2.06. The van der Waals surface area contributed by atoms with Crippen molar-refractivity contribution in [3.63, 3.8) is 0 Å². The van der Waals surface area contributed by atoms with Crippen LogP contribution < -0.4 is 0 Å². The molecule has 0 bridgehead atoms. The van der Waals surface area contributed by atoms with Gasteiger partial charge in [0, 0.05) is 7.14 Å². The topological polar surface area (TPSA) is 0 Å². The lowest BCUT2D eigenvalue weighted by atomic mass is 10.0. The van der Waals surface area contributed by atoms with Crippen LogP contribution in [-0.4, -0.2) is 0 Å². The van der Waals surface area contributed by atoms with E-state index in [1.54, 1.807) is 0 Å². The van der Waals surface area contributed by atoms with Gasteiger partial charge in [0.1, 0.15) is 0 Å². The molecule has 0 atom stereocenters. The molecule has 0 aliphatic heterocycles. The lowest BCUT2D eigenvalue weighted by molar-refractivity contribution is 1.43. The second kappa shape index (κ2) is 4.82. The average Bonchev–Trinajstić information content (AvgIpc) is 2.20. The van der Waals surface area contributed by atoms with Crippen LogP contribution in [0.3, 0.4) is 0 Å². The van der Waals surface area contributed by atoms with Crippen LogP contribution in [0.25, 0.3) is 11.1 Å². The average molecular weight is 420 g/mol. The standard InChI is InChI=1S/C13H10I2/c1-9-8-12(15)6-7-13(9)10-2-4-11(14)5-3-10/h2-8H,1H3. The molecule has 2 aromatic carbocycles. The summed E-state index contributed by atoms with van der Waals surface area (Å²) >= 11 is 4.67. The fraction of sp³-hybridized carbons (Fsp3) is 0.0769. The quantitative estimate of drug-likeness (QED) is 0.578. The van der Waals surface area contributed by atoms with E-state index in [0.29, 0.717) is 0 Å². The number of rotatable bonds is 1. The molecule has 0 aliphatic rings. The van der Waals surface area contributed by atoms with Crippen molar-refractivity contribution in [2.45, 2.75) is 6.92 Å². The van der Waals surface area contributed by atoms with Gasteiger partial charge >= 0.3 is 0 Å². The third kappa shape index (κ3) is 2.72. The Kier molecular flexibility index (Phi) is 3.66. The minimum atomic E-state index is 1.28. The first kappa shape index (κ1) is 11.4. The highest BCUT2D eigenvalue weighted by Crippen LogP contribution is 2.25. The molecule has 0 saturated heterocycles. The van der Waals surface area contributed by atoms with E-state index in [1.807, 2.05) is 0 Å². The summed E-state index contributed by atoms with van der Waals surface area (Å²) in [6, 6.07) is 15.2. The second-order valence-electron chi connectivity index (χ2n) is 3.47. The molecule has 0 fully saturated rings. The van der Waals surface area contributed by atoms with Crippen LogP contribution in [0.4, 0.5) is 0 Å². The molecule has 2 heteroatoms. The third-order valence-corrected chi connectivity index (χ3v) is 3.73. The van der Waals surface area contributed by atoms with Crippen LogP contribution in [0.5, 0.6) is 0 Å². The summed E-state index contributed by atoms with van der Waals surface area (Å²) < 4.78 is 2.57. The molecular weight excluding hydrogens is 410 g/mol. The van der Waals surface area contributed by atoms with E-state index in [2.05, 4.69) is 94.6 Å². The number of halogens is 2. The summed E-state index contributed by atoms with van der Waals surface area (Å²) in [4.78, 5) is 0. The Balaban J connectivity index is 2.49. The molecule has 2 rings (SSSR count). The highest BCUT2D eigenvalue weighted by atomic mass is 127. The van der Waals surface area contributed by atoms with E-state index in [9.17, 15) is 0 Å². The van der Waals surface area contributed by atoms with Gasteiger partial charge in [-0.1, -0.05) is 18.2 Å². The van der Waals surface area contributed by atoms with Crippen LogP contribution in [0.1, 0.15) is 5.56 Å². The van der Waals surface area contributed by atoms with Crippen molar-refractivity contribution in [3.8, 4) is 11.1 Å². The lowest BCUT2D eigenvalue weighted by Crippen LogP contribution is -1.84. The summed E-state index contributed by atoms with van der Waals surface area (Å²) in [5.74, 6) is 0. The summed E-state index contributed by atoms with van der Waals surface area (Å²) in [5, 5.41) is 0. The van der Waals surface area contributed by atoms with Crippen molar-refractivity contribution in [2.24, 2.45) is 0 Å². The summed E-state index contributed by atoms with van der Waals surface area (Å²) in [6.07, 6.45) is 0. The van der Waals surface area contributed by atoms with E-state index in [1.165, 1.54) is 23.8 Å². The van der Waals surface area contributed by atoms with Gasteiger partial charge in [0.15, 0.2) is 0 Å². The molecule has 0 aliphatic carbocycles. The normalized spacial score (nSPS) is 10.3. The van der Waals surface area contributed by atoms with Crippen molar-refractivity contribution < 1.29 is 0 Å². The van der Waals surface area contributed by atoms with Gasteiger partial charge in [0.05, 0.1) is 0 Å². The molecule has 0 N–H and O–H groups in total. The predicted octanol–water partition coefficient (Wildman–Crippen LogP) is 4.87. The number of aryl methyl sites for hydroxylation is 1. The van der Waals surface area contributed by atoms with Crippen molar-refractivity contribution in [1.29, 1.82) is 0 Å². The molecule has 0 amide bonds. The van der Waals surface area contributed by atoms with Gasteiger partial charge in [-0.2, -0.15) is 0 Å². The SMILES string of the molecule is Cc1cc(I)ccc1-c1ccc(I)cc1. The Morgan fingerprint density at radius 3 is 2.00 bits per heavy atom. The molecule has 0 radical (unpaired) electrons. The molecule has 2 aromatic rings.